The van der Waals surface area contributed by atoms with Gasteiger partial charge >= 0.3 is 6.61 Å². The molecule has 0 saturated carbocycles. The highest BCUT2D eigenvalue weighted by Gasteiger charge is 2.34. The molecule has 0 spiro atoms. The van der Waals surface area contributed by atoms with Crippen molar-refractivity contribution in [2.45, 2.75) is 19.5 Å². The molecular formula is C21H20F2N2O5. The summed E-state index contributed by atoms with van der Waals surface area (Å²) in [6.45, 7) is -2.67. The van der Waals surface area contributed by atoms with Crippen molar-refractivity contribution in [2.24, 2.45) is 0 Å². The summed E-state index contributed by atoms with van der Waals surface area (Å²) in [4.78, 5) is 37.7. The number of carbonyl (C=O) groups is 3. The smallest absolute Gasteiger partial charge is 0.387 e. The fraction of sp³-hybridized carbons (Fsp3) is 0.286. The van der Waals surface area contributed by atoms with E-state index in [0.717, 1.165) is 10.5 Å². The van der Waals surface area contributed by atoms with Crippen LogP contribution < -0.4 is 14.8 Å². The van der Waals surface area contributed by atoms with Gasteiger partial charge in [0.05, 0.1) is 18.2 Å². The molecule has 0 unspecified atom stereocenters. The lowest BCUT2D eigenvalue weighted by Gasteiger charge is -2.14. The summed E-state index contributed by atoms with van der Waals surface area (Å²) in [5.41, 5.74) is 1.45. The molecule has 3 amide bonds. The minimum absolute atomic E-state index is 0.00827. The third-order valence-electron chi connectivity index (χ3n) is 4.62. The van der Waals surface area contributed by atoms with Crippen LogP contribution in [-0.4, -0.2) is 49.4 Å². The largest absolute Gasteiger partial charge is 0.493 e. The van der Waals surface area contributed by atoms with Gasteiger partial charge in [-0.2, -0.15) is 8.78 Å². The van der Waals surface area contributed by atoms with E-state index in [1.165, 1.54) is 13.2 Å². The van der Waals surface area contributed by atoms with Gasteiger partial charge in [0.2, 0.25) is 5.91 Å². The summed E-state index contributed by atoms with van der Waals surface area (Å²) in [5.74, 6) is -1.01. The number of rotatable bonds is 9. The van der Waals surface area contributed by atoms with Gasteiger partial charge in [0.15, 0.2) is 11.5 Å². The van der Waals surface area contributed by atoms with Crippen molar-refractivity contribution in [3.8, 4) is 11.5 Å². The molecule has 7 nitrogen and oxygen atoms in total. The van der Waals surface area contributed by atoms with Crippen molar-refractivity contribution in [2.75, 3.05) is 20.2 Å². The fourth-order valence-corrected chi connectivity index (χ4v) is 3.15. The second kappa shape index (κ2) is 9.34. The van der Waals surface area contributed by atoms with Crippen molar-refractivity contribution < 1.29 is 32.6 Å². The Morgan fingerprint density at radius 3 is 2.33 bits per heavy atom. The lowest BCUT2D eigenvalue weighted by Crippen LogP contribution is -2.35. The summed E-state index contributed by atoms with van der Waals surface area (Å²) in [6.07, 6.45) is 0.417. The van der Waals surface area contributed by atoms with E-state index in [-0.39, 0.29) is 30.4 Å². The maximum atomic E-state index is 12.4. The molecular weight excluding hydrogens is 398 g/mol. The first-order chi connectivity index (χ1) is 14.4. The average molecular weight is 418 g/mol. The van der Waals surface area contributed by atoms with Gasteiger partial charge < -0.3 is 14.8 Å². The number of carbonyl (C=O) groups excluding carboxylic acids is 3. The lowest BCUT2D eigenvalue weighted by atomic mass is 10.1. The zero-order valence-corrected chi connectivity index (χ0v) is 16.2. The molecule has 0 saturated heterocycles. The first-order valence-electron chi connectivity index (χ1n) is 9.24. The zero-order chi connectivity index (χ0) is 21.7. The van der Waals surface area contributed by atoms with Crippen LogP contribution in [0.5, 0.6) is 11.5 Å². The van der Waals surface area contributed by atoms with E-state index in [0.29, 0.717) is 24.1 Å². The number of alkyl halides is 2. The minimum Gasteiger partial charge on any atom is -0.493 e. The molecule has 0 aliphatic carbocycles. The topological polar surface area (TPSA) is 84.9 Å². The number of fused-ring (bicyclic) bond motifs is 1. The Kier molecular flexibility index (Phi) is 6.61. The average Bonchev–Trinajstić information content (AvgIpc) is 2.97. The van der Waals surface area contributed by atoms with Crippen molar-refractivity contribution in [3.05, 3.63) is 59.2 Å². The molecule has 1 N–H and O–H groups in total. The maximum Gasteiger partial charge on any atom is 0.387 e. The lowest BCUT2D eigenvalue weighted by molar-refractivity contribution is -0.121. The van der Waals surface area contributed by atoms with E-state index >= 15 is 0 Å². The molecule has 30 heavy (non-hydrogen) atoms. The molecule has 0 aromatic heterocycles. The predicted molar refractivity (Wildman–Crippen MR) is 103 cm³/mol. The molecule has 0 radical (unpaired) electrons. The third-order valence-corrected chi connectivity index (χ3v) is 4.62. The van der Waals surface area contributed by atoms with Gasteiger partial charge in [0, 0.05) is 19.5 Å². The van der Waals surface area contributed by atoms with Crippen LogP contribution in [0.25, 0.3) is 0 Å². The van der Waals surface area contributed by atoms with Crippen LogP contribution >= 0.6 is 0 Å². The standard InChI is InChI=1S/C21H20F2N2O5/c1-29-17-12-13(6-7-16(17)30-21(22)23)8-10-24-18(26)9-11-25-19(27)14-4-2-3-5-15(14)20(25)28/h2-7,12,21H,8-11H2,1H3,(H,24,26). The number of imide groups is 1. The van der Waals surface area contributed by atoms with Gasteiger partial charge in [-0.05, 0) is 36.2 Å². The SMILES string of the molecule is COc1cc(CCNC(=O)CCN2C(=O)c3ccccc3C2=O)ccc1OC(F)F. The van der Waals surface area contributed by atoms with E-state index in [9.17, 15) is 23.2 Å². The van der Waals surface area contributed by atoms with E-state index in [4.69, 9.17) is 4.74 Å². The molecule has 3 rings (SSSR count). The highest BCUT2D eigenvalue weighted by atomic mass is 19.3. The van der Waals surface area contributed by atoms with Gasteiger partial charge in [0.25, 0.3) is 11.8 Å². The maximum absolute atomic E-state index is 12.4. The van der Waals surface area contributed by atoms with E-state index in [2.05, 4.69) is 10.1 Å². The van der Waals surface area contributed by atoms with Gasteiger partial charge in [0.1, 0.15) is 0 Å². The van der Waals surface area contributed by atoms with Crippen molar-refractivity contribution in [1.29, 1.82) is 0 Å². The molecule has 158 valence electrons. The highest BCUT2D eigenvalue weighted by molar-refractivity contribution is 6.21. The highest BCUT2D eigenvalue weighted by Crippen LogP contribution is 2.29. The fourth-order valence-electron chi connectivity index (χ4n) is 3.15. The van der Waals surface area contributed by atoms with E-state index in [1.54, 1.807) is 36.4 Å². The Morgan fingerprint density at radius 2 is 1.73 bits per heavy atom. The summed E-state index contributed by atoms with van der Waals surface area (Å²) >= 11 is 0. The molecule has 1 aliphatic heterocycles. The molecule has 9 heteroatoms. The van der Waals surface area contributed by atoms with Crippen molar-refractivity contribution in [1.82, 2.24) is 10.2 Å². The van der Waals surface area contributed by atoms with Gasteiger partial charge in [-0.3, -0.25) is 19.3 Å². The number of amides is 3. The number of hydrogen-bond acceptors (Lipinski definition) is 5. The zero-order valence-electron chi connectivity index (χ0n) is 16.2. The summed E-state index contributed by atoms with van der Waals surface area (Å²) in [7, 11) is 1.35. The normalized spacial score (nSPS) is 12.9. The van der Waals surface area contributed by atoms with Crippen molar-refractivity contribution in [3.63, 3.8) is 0 Å². The molecule has 1 aliphatic rings. The Hall–Kier alpha value is -3.49. The van der Waals surface area contributed by atoms with Crippen LogP contribution in [0.3, 0.4) is 0 Å². The Balaban J connectivity index is 1.47. The summed E-state index contributed by atoms with van der Waals surface area (Å²) < 4.78 is 34.1. The Morgan fingerprint density at radius 1 is 1.07 bits per heavy atom. The molecule has 1 heterocycles. The second-order valence-corrected chi connectivity index (χ2v) is 6.52. The number of ether oxygens (including phenoxy) is 2. The van der Waals surface area contributed by atoms with Crippen LogP contribution in [0.4, 0.5) is 8.78 Å². The molecule has 2 aromatic carbocycles. The van der Waals surface area contributed by atoms with Crippen molar-refractivity contribution >= 4 is 17.7 Å². The number of halogens is 2. The number of nitrogens with one attached hydrogen (secondary N) is 1. The summed E-state index contributed by atoms with van der Waals surface area (Å²) in [5, 5.41) is 2.71. The first kappa shape index (κ1) is 21.2. The second-order valence-electron chi connectivity index (χ2n) is 6.52. The van der Waals surface area contributed by atoms with Crippen LogP contribution in [-0.2, 0) is 11.2 Å². The van der Waals surface area contributed by atoms with Crippen LogP contribution in [0.1, 0.15) is 32.7 Å². The minimum atomic E-state index is -2.95. The van der Waals surface area contributed by atoms with Gasteiger partial charge in [-0.15, -0.1) is 0 Å². The predicted octanol–water partition coefficient (Wildman–Crippen LogP) is 2.64. The number of hydrogen-bond donors (Lipinski definition) is 1. The number of methoxy groups -OCH3 is 1. The number of nitrogens with zero attached hydrogens (tertiary/aromatic N) is 1. The van der Waals surface area contributed by atoms with Crippen LogP contribution in [0.2, 0.25) is 0 Å². The first-order valence-corrected chi connectivity index (χ1v) is 9.24. The molecule has 0 fully saturated rings. The van der Waals surface area contributed by atoms with Crippen LogP contribution in [0, 0.1) is 0 Å². The van der Waals surface area contributed by atoms with E-state index < -0.39 is 18.4 Å². The summed E-state index contributed by atoms with van der Waals surface area (Å²) in [6, 6.07) is 11.1. The molecule has 0 atom stereocenters. The monoisotopic (exact) mass is 418 g/mol. The van der Waals surface area contributed by atoms with Crippen LogP contribution in [0.15, 0.2) is 42.5 Å². The molecule has 0 bridgehead atoms. The van der Waals surface area contributed by atoms with Gasteiger partial charge in [-0.1, -0.05) is 18.2 Å². The van der Waals surface area contributed by atoms with Gasteiger partial charge in [-0.25, -0.2) is 0 Å². The Bertz CT molecular complexity index is 929. The van der Waals surface area contributed by atoms with E-state index in [1.807, 2.05) is 0 Å². The molecule has 2 aromatic rings. The quantitative estimate of drug-likeness (QED) is 0.633. The number of benzene rings is 2. The Labute approximate surface area is 171 Å². The third kappa shape index (κ3) is 4.73.